The van der Waals surface area contributed by atoms with Gasteiger partial charge in [-0.2, -0.15) is 0 Å². The highest BCUT2D eigenvalue weighted by atomic mass is 17.5. The molecule has 11 heavy (non-hydrogen) atoms. The summed E-state index contributed by atoms with van der Waals surface area (Å²) in [7, 11) is 0. The summed E-state index contributed by atoms with van der Waals surface area (Å²) >= 11 is 0. The molecule has 68 valence electrons. The monoisotopic (exact) mass is 166 g/mol. The van der Waals surface area contributed by atoms with Crippen LogP contribution in [0.1, 0.15) is 20.8 Å². The third-order valence-electron chi connectivity index (χ3n) is 0.332. The topological polar surface area (TPSA) is 65.0 Å². The fourth-order valence-electron chi connectivity index (χ4n) is 0.130. The quantitative estimate of drug-likeness (QED) is 0.383. The van der Waals surface area contributed by atoms with Gasteiger partial charge in [0, 0.05) is 6.92 Å². The van der Waals surface area contributed by atoms with Crippen LogP contribution in [-0.4, -0.2) is 24.3 Å². The van der Waals surface area contributed by atoms with Crippen molar-refractivity contribution < 1.29 is 24.7 Å². The van der Waals surface area contributed by atoms with Crippen LogP contribution in [0.5, 0.6) is 0 Å². The Balaban J connectivity index is 0. The molecule has 0 aromatic heterocycles. The van der Waals surface area contributed by atoms with Gasteiger partial charge >= 0.3 is 0 Å². The highest BCUT2D eigenvalue weighted by Crippen LogP contribution is 1.77. The van der Waals surface area contributed by atoms with E-state index in [-0.39, 0.29) is 0 Å². The molecule has 0 amide bonds. The van der Waals surface area contributed by atoms with Crippen LogP contribution in [0.2, 0.25) is 0 Å². The van der Waals surface area contributed by atoms with Crippen LogP contribution in [0.25, 0.3) is 0 Å². The lowest BCUT2D eigenvalue weighted by Gasteiger charge is -1.94. The van der Waals surface area contributed by atoms with Crippen molar-refractivity contribution >= 4 is 5.97 Å². The van der Waals surface area contributed by atoms with Crippen LogP contribution in [0.3, 0.4) is 0 Å². The summed E-state index contributed by atoms with van der Waals surface area (Å²) in [5.74, 6) is -0.833. The molecule has 5 heteroatoms. The Morgan fingerprint density at radius 2 is 1.55 bits per heavy atom. The normalized spacial score (nSPS) is 8.27. The highest BCUT2D eigenvalue weighted by molar-refractivity contribution is 5.62. The third kappa shape index (κ3) is 45.0. The van der Waals surface area contributed by atoms with Gasteiger partial charge in [0.05, 0.1) is 13.2 Å². The van der Waals surface area contributed by atoms with E-state index in [1.54, 1.807) is 0 Å². The van der Waals surface area contributed by atoms with Crippen LogP contribution in [0.4, 0.5) is 0 Å². The van der Waals surface area contributed by atoms with Gasteiger partial charge in [-0.1, -0.05) is 5.04 Å². The number of carbonyl (C=O) groups is 1. The molecule has 5 nitrogen and oxygen atoms in total. The van der Waals surface area contributed by atoms with Crippen LogP contribution < -0.4 is 0 Å². The molecule has 0 unspecified atom stereocenters. The molecular weight excluding hydrogens is 152 g/mol. The first-order chi connectivity index (χ1) is 5.15. The Morgan fingerprint density at radius 3 is 1.73 bits per heavy atom. The summed E-state index contributed by atoms with van der Waals surface area (Å²) in [4.78, 5) is 17.7. The van der Waals surface area contributed by atoms with Gasteiger partial charge in [-0.15, -0.1) is 0 Å². The molecule has 0 aliphatic rings. The van der Waals surface area contributed by atoms with Gasteiger partial charge in [0.15, 0.2) is 0 Å². The first-order valence-electron chi connectivity index (χ1n) is 3.25. The second-order valence-electron chi connectivity index (χ2n) is 1.40. The van der Waals surface area contributed by atoms with Gasteiger partial charge < -0.3 is 5.11 Å². The van der Waals surface area contributed by atoms with E-state index >= 15 is 0 Å². The second-order valence-corrected chi connectivity index (χ2v) is 1.40. The predicted molar refractivity (Wildman–Crippen MR) is 37.6 cm³/mol. The van der Waals surface area contributed by atoms with Crippen molar-refractivity contribution in [1.82, 2.24) is 0 Å². The Morgan fingerprint density at radius 1 is 1.27 bits per heavy atom. The SMILES string of the molecule is CC(=O)O.CCOOOCC. The molecule has 0 saturated heterocycles. The molecule has 0 aliphatic carbocycles. The third-order valence-corrected chi connectivity index (χ3v) is 0.332. The molecular formula is C6H14O5. The van der Waals surface area contributed by atoms with Crippen molar-refractivity contribution in [1.29, 1.82) is 0 Å². The molecule has 0 heterocycles. The number of rotatable bonds is 4. The minimum absolute atomic E-state index is 0.514. The molecule has 0 spiro atoms. The van der Waals surface area contributed by atoms with E-state index in [4.69, 9.17) is 9.90 Å². The zero-order valence-electron chi connectivity index (χ0n) is 6.99. The van der Waals surface area contributed by atoms with Crippen LogP contribution >= 0.6 is 0 Å². The number of aliphatic carboxylic acids is 1. The van der Waals surface area contributed by atoms with Gasteiger partial charge in [0.2, 0.25) is 0 Å². The smallest absolute Gasteiger partial charge is 0.300 e. The van der Waals surface area contributed by atoms with Crippen molar-refractivity contribution in [3.05, 3.63) is 0 Å². The largest absolute Gasteiger partial charge is 0.481 e. The summed E-state index contributed by atoms with van der Waals surface area (Å²) < 4.78 is 0. The van der Waals surface area contributed by atoms with Crippen molar-refractivity contribution in [2.45, 2.75) is 20.8 Å². The molecule has 0 fully saturated rings. The maximum absolute atomic E-state index is 9.00. The van der Waals surface area contributed by atoms with Gasteiger partial charge in [0.25, 0.3) is 5.97 Å². The van der Waals surface area contributed by atoms with Crippen molar-refractivity contribution in [2.75, 3.05) is 13.2 Å². The van der Waals surface area contributed by atoms with Crippen molar-refractivity contribution in [3.63, 3.8) is 0 Å². The second kappa shape index (κ2) is 12.1. The number of carboxylic acids is 1. The summed E-state index contributed by atoms with van der Waals surface area (Å²) in [6.07, 6.45) is 0. The van der Waals surface area contributed by atoms with Gasteiger partial charge in [-0.05, 0) is 13.8 Å². The first-order valence-corrected chi connectivity index (χ1v) is 3.25. The molecule has 0 bridgehead atoms. The summed E-state index contributed by atoms with van der Waals surface area (Å²) in [6, 6.07) is 0. The number of carboxylic acid groups (broad SMARTS) is 1. The molecule has 0 aliphatic heterocycles. The van der Waals surface area contributed by atoms with E-state index in [1.165, 1.54) is 0 Å². The van der Waals surface area contributed by atoms with Gasteiger partial charge in [0.1, 0.15) is 0 Å². The first kappa shape index (κ1) is 13.0. The van der Waals surface area contributed by atoms with E-state index < -0.39 is 5.97 Å². The predicted octanol–water partition coefficient (Wildman–Crippen LogP) is 0.997. The van der Waals surface area contributed by atoms with Crippen molar-refractivity contribution in [3.8, 4) is 0 Å². The summed E-state index contributed by atoms with van der Waals surface area (Å²) in [6.45, 7) is 5.75. The fourth-order valence-corrected chi connectivity index (χ4v) is 0.130. The molecule has 0 aromatic rings. The van der Waals surface area contributed by atoms with E-state index in [2.05, 4.69) is 14.8 Å². The van der Waals surface area contributed by atoms with Crippen LogP contribution in [0.15, 0.2) is 0 Å². The van der Waals surface area contributed by atoms with Gasteiger partial charge in [-0.25, -0.2) is 9.78 Å². The molecule has 0 rings (SSSR count). The molecule has 0 saturated carbocycles. The van der Waals surface area contributed by atoms with E-state index in [0.29, 0.717) is 13.2 Å². The van der Waals surface area contributed by atoms with E-state index in [0.717, 1.165) is 6.92 Å². The zero-order chi connectivity index (χ0) is 9.11. The Kier molecular flexibility index (Phi) is 14.2. The molecule has 0 radical (unpaired) electrons. The maximum Gasteiger partial charge on any atom is 0.300 e. The lowest BCUT2D eigenvalue weighted by Crippen LogP contribution is -1.94. The summed E-state index contributed by atoms with van der Waals surface area (Å²) in [5, 5.41) is 11.5. The highest BCUT2D eigenvalue weighted by Gasteiger charge is 1.77. The van der Waals surface area contributed by atoms with E-state index in [9.17, 15) is 0 Å². The number of hydrogen-bond donors (Lipinski definition) is 1. The minimum Gasteiger partial charge on any atom is -0.481 e. The minimum atomic E-state index is -0.833. The Hall–Kier alpha value is -0.650. The van der Waals surface area contributed by atoms with Gasteiger partial charge in [-0.3, -0.25) is 4.79 Å². The fraction of sp³-hybridized carbons (Fsp3) is 0.833. The standard InChI is InChI=1S/C4H10O3.C2H4O2/c1-3-5-7-6-4-2;1-2(3)4/h3-4H2,1-2H3;1H3,(H,3,4). The van der Waals surface area contributed by atoms with Crippen LogP contribution in [-0.2, 0) is 19.6 Å². The molecule has 1 N–H and O–H groups in total. The van der Waals surface area contributed by atoms with Crippen LogP contribution in [0, 0.1) is 0 Å². The Labute approximate surface area is 65.7 Å². The number of hydrogen-bond acceptors (Lipinski definition) is 4. The average molecular weight is 166 g/mol. The average Bonchev–Trinajstić information content (AvgIpc) is 1.88. The summed E-state index contributed by atoms with van der Waals surface area (Å²) in [5.41, 5.74) is 0. The van der Waals surface area contributed by atoms with Crippen molar-refractivity contribution in [2.24, 2.45) is 0 Å². The molecule has 0 aromatic carbocycles. The van der Waals surface area contributed by atoms with E-state index in [1.807, 2.05) is 13.8 Å². The lowest BCUT2D eigenvalue weighted by atomic mass is 10.9. The molecule has 0 atom stereocenters. The maximum atomic E-state index is 9.00. The Bertz CT molecular complexity index is 75.0. The lowest BCUT2D eigenvalue weighted by molar-refractivity contribution is -0.509. The zero-order valence-corrected chi connectivity index (χ0v) is 6.99.